The average molecular weight is 329 g/mol. The summed E-state index contributed by atoms with van der Waals surface area (Å²) in [5, 5.41) is 30.1. The Morgan fingerprint density at radius 2 is 2.04 bits per heavy atom. The number of carboxylic acids is 1. The summed E-state index contributed by atoms with van der Waals surface area (Å²) in [7, 11) is -1.39. The van der Waals surface area contributed by atoms with Gasteiger partial charge in [-0.05, 0) is 37.9 Å². The van der Waals surface area contributed by atoms with E-state index in [2.05, 4.69) is 5.32 Å². The van der Waals surface area contributed by atoms with Crippen LogP contribution >= 0.6 is 0 Å². The van der Waals surface area contributed by atoms with Gasteiger partial charge in [0.05, 0.1) is 6.04 Å². The first-order valence-corrected chi connectivity index (χ1v) is 8.12. The van der Waals surface area contributed by atoms with Gasteiger partial charge >= 0.3 is 13.1 Å². The average Bonchev–Trinajstić information content (AvgIpc) is 2.50. The van der Waals surface area contributed by atoms with E-state index >= 15 is 0 Å². The zero-order chi connectivity index (χ0) is 17.6. The van der Waals surface area contributed by atoms with Crippen LogP contribution in [0.25, 0.3) is 0 Å². The number of carbonyl (C=O) groups excluding carboxylic acids is 1. The number of hydrogen-bond donors (Lipinski definition) is 6. The molecule has 4 atom stereocenters. The number of hydrogen-bond acceptors (Lipinski definition) is 6. The Morgan fingerprint density at radius 1 is 1.39 bits per heavy atom. The van der Waals surface area contributed by atoms with Crippen molar-refractivity contribution in [2.75, 3.05) is 6.54 Å². The maximum Gasteiger partial charge on any atom is 0.451 e. The summed E-state index contributed by atoms with van der Waals surface area (Å²) in [4.78, 5) is 23.4. The van der Waals surface area contributed by atoms with Crippen molar-refractivity contribution in [1.29, 1.82) is 0 Å². The molecule has 0 aliphatic heterocycles. The predicted molar refractivity (Wildman–Crippen MR) is 86.3 cm³/mol. The molecule has 132 valence electrons. The van der Waals surface area contributed by atoms with Crippen LogP contribution in [0.5, 0.6) is 0 Å². The van der Waals surface area contributed by atoms with Crippen molar-refractivity contribution >= 4 is 19.0 Å². The molecule has 0 aromatic rings. The lowest BCUT2D eigenvalue weighted by molar-refractivity contribution is -0.148. The molecule has 0 aromatic heterocycles. The molecule has 1 saturated carbocycles. The molecule has 9 heteroatoms. The van der Waals surface area contributed by atoms with E-state index in [4.69, 9.17) is 21.5 Å². The van der Waals surface area contributed by atoms with Crippen molar-refractivity contribution in [3.05, 3.63) is 0 Å². The summed E-state index contributed by atoms with van der Waals surface area (Å²) in [6, 6.07) is -0.602. The van der Waals surface area contributed by atoms with Gasteiger partial charge in [-0.2, -0.15) is 0 Å². The molecule has 1 amide bonds. The van der Waals surface area contributed by atoms with E-state index in [1.807, 2.05) is 0 Å². The Hall–Kier alpha value is -1.16. The highest BCUT2D eigenvalue weighted by atomic mass is 16.4. The molecule has 23 heavy (non-hydrogen) atoms. The minimum absolute atomic E-state index is 0.0303. The van der Waals surface area contributed by atoms with Gasteiger partial charge in [0.1, 0.15) is 5.54 Å². The Morgan fingerprint density at radius 3 is 2.57 bits per heavy atom. The quantitative estimate of drug-likeness (QED) is 0.308. The van der Waals surface area contributed by atoms with Gasteiger partial charge in [0, 0.05) is 12.5 Å². The van der Waals surface area contributed by atoms with Gasteiger partial charge in [-0.25, -0.2) is 0 Å². The standard InChI is InChI=1S/C14H28BN3O5/c1-2-11(16)12(19)18-8-10-4-3-9(5-6-15(22)23)7-14(10,17)13(20)21/h9-11,22-23H,2-8,16-17H2,1H3,(H,18,19)(H,20,21)/t9-,10-,11-,14+/m0/s1. The number of carbonyl (C=O) groups is 2. The number of nitrogens with two attached hydrogens (primary N) is 2. The van der Waals surface area contributed by atoms with Crippen LogP contribution in [-0.2, 0) is 9.59 Å². The van der Waals surface area contributed by atoms with Gasteiger partial charge in [-0.15, -0.1) is 0 Å². The summed E-state index contributed by atoms with van der Waals surface area (Å²) < 4.78 is 0. The highest BCUT2D eigenvalue weighted by Crippen LogP contribution is 2.38. The predicted octanol–water partition coefficient (Wildman–Crippen LogP) is -1.10. The molecule has 0 bridgehead atoms. The first-order chi connectivity index (χ1) is 10.7. The molecule has 0 radical (unpaired) electrons. The second-order valence-corrected chi connectivity index (χ2v) is 6.51. The van der Waals surface area contributed by atoms with Crippen molar-refractivity contribution < 1.29 is 24.7 Å². The van der Waals surface area contributed by atoms with Crippen molar-refractivity contribution in [3.63, 3.8) is 0 Å². The number of aliphatic carboxylic acids is 1. The molecule has 0 unspecified atom stereocenters. The second kappa shape index (κ2) is 8.63. The topological polar surface area (TPSA) is 159 Å². The molecule has 0 aromatic carbocycles. The van der Waals surface area contributed by atoms with E-state index in [9.17, 15) is 14.7 Å². The minimum Gasteiger partial charge on any atom is -0.480 e. The van der Waals surface area contributed by atoms with E-state index in [-0.39, 0.29) is 37.0 Å². The summed E-state index contributed by atoms with van der Waals surface area (Å²) in [6.07, 6.45) is 2.80. The molecule has 1 aliphatic carbocycles. The fraction of sp³-hybridized carbons (Fsp3) is 0.857. The van der Waals surface area contributed by atoms with Crippen molar-refractivity contribution in [3.8, 4) is 0 Å². The van der Waals surface area contributed by atoms with Crippen LogP contribution in [0.4, 0.5) is 0 Å². The summed E-state index contributed by atoms with van der Waals surface area (Å²) >= 11 is 0. The lowest BCUT2D eigenvalue weighted by Crippen LogP contribution is -2.60. The van der Waals surface area contributed by atoms with E-state index < -0.39 is 24.7 Å². The van der Waals surface area contributed by atoms with Gasteiger partial charge in [0.2, 0.25) is 5.91 Å². The maximum atomic E-state index is 11.8. The zero-order valence-electron chi connectivity index (χ0n) is 13.6. The van der Waals surface area contributed by atoms with Crippen LogP contribution in [0.2, 0.25) is 6.32 Å². The Kier molecular flexibility index (Phi) is 7.46. The van der Waals surface area contributed by atoms with Crippen molar-refractivity contribution in [2.45, 2.75) is 56.9 Å². The molecule has 0 spiro atoms. The van der Waals surface area contributed by atoms with Crippen molar-refractivity contribution in [2.24, 2.45) is 23.3 Å². The SMILES string of the molecule is CC[C@H](N)C(=O)NC[C@@H]1CC[C@@H](CCB(O)O)C[C@]1(N)C(=O)O. The first kappa shape index (κ1) is 19.9. The maximum absolute atomic E-state index is 11.8. The van der Waals surface area contributed by atoms with E-state index in [0.29, 0.717) is 19.3 Å². The highest BCUT2D eigenvalue weighted by Gasteiger charge is 2.46. The lowest BCUT2D eigenvalue weighted by atomic mass is 9.66. The van der Waals surface area contributed by atoms with Crippen LogP contribution in [-0.4, -0.2) is 52.3 Å². The van der Waals surface area contributed by atoms with E-state index in [0.717, 1.165) is 6.42 Å². The Bertz CT molecular complexity index is 423. The third kappa shape index (κ3) is 5.45. The zero-order valence-corrected chi connectivity index (χ0v) is 13.6. The molecular formula is C14H28BN3O5. The van der Waals surface area contributed by atoms with Crippen LogP contribution in [0.15, 0.2) is 0 Å². The van der Waals surface area contributed by atoms with Gasteiger partial charge in [-0.3, -0.25) is 9.59 Å². The number of carboxylic acid groups (broad SMARTS) is 1. The smallest absolute Gasteiger partial charge is 0.451 e. The van der Waals surface area contributed by atoms with Crippen molar-refractivity contribution in [1.82, 2.24) is 5.32 Å². The van der Waals surface area contributed by atoms with Crippen LogP contribution < -0.4 is 16.8 Å². The Balaban J connectivity index is 2.66. The molecule has 0 heterocycles. The molecular weight excluding hydrogens is 301 g/mol. The third-order valence-electron chi connectivity index (χ3n) is 4.81. The fourth-order valence-electron chi connectivity index (χ4n) is 3.16. The molecule has 8 nitrogen and oxygen atoms in total. The van der Waals surface area contributed by atoms with Crippen LogP contribution in [0, 0.1) is 11.8 Å². The molecule has 0 saturated heterocycles. The summed E-state index contributed by atoms with van der Waals surface area (Å²) in [5.41, 5.74) is 10.3. The second-order valence-electron chi connectivity index (χ2n) is 6.51. The fourth-order valence-corrected chi connectivity index (χ4v) is 3.16. The van der Waals surface area contributed by atoms with Gasteiger partial charge in [-0.1, -0.05) is 13.3 Å². The van der Waals surface area contributed by atoms with Crippen LogP contribution in [0.1, 0.15) is 39.0 Å². The summed E-state index contributed by atoms with van der Waals surface area (Å²) in [6.45, 7) is 1.99. The summed E-state index contributed by atoms with van der Waals surface area (Å²) in [5.74, 6) is -1.73. The van der Waals surface area contributed by atoms with Gasteiger partial charge in [0.25, 0.3) is 0 Å². The number of nitrogens with one attached hydrogen (secondary N) is 1. The highest BCUT2D eigenvalue weighted by molar-refractivity contribution is 6.40. The molecule has 1 fully saturated rings. The molecule has 1 aliphatic rings. The Labute approximate surface area is 136 Å². The molecule has 1 rings (SSSR count). The molecule has 8 N–H and O–H groups in total. The van der Waals surface area contributed by atoms with Gasteiger partial charge in [0.15, 0.2) is 0 Å². The minimum atomic E-state index is -1.42. The van der Waals surface area contributed by atoms with E-state index in [1.54, 1.807) is 6.92 Å². The first-order valence-electron chi connectivity index (χ1n) is 8.12. The third-order valence-corrected chi connectivity index (χ3v) is 4.81. The van der Waals surface area contributed by atoms with E-state index in [1.165, 1.54) is 0 Å². The van der Waals surface area contributed by atoms with Gasteiger partial charge < -0.3 is 31.9 Å². The van der Waals surface area contributed by atoms with Crippen LogP contribution in [0.3, 0.4) is 0 Å². The number of amides is 1. The normalized spacial score (nSPS) is 28.9. The monoisotopic (exact) mass is 329 g/mol. The lowest BCUT2D eigenvalue weighted by Gasteiger charge is -2.41. The number of rotatable bonds is 8. The largest absolute Gasteiger partial charge is 0.480 e.